The Morgan fingerprint density at radius 2 is 2.12 bits per heavy atom. The fourth-order valence-corrected chi connectivity index (χ4v) is 1.56. The maximum atomic E-state index is 5.19. The Labute approximate surface area is 98.3 Å². The lowest BCUT2D eigenvalue weighted by molar-refractivity contribution is 0.184. The van der Waals surface area contributed by atoms with Crippen molar-refractivity contribution in [3.63, 3.8) is 0 Å². The summed E-state index contributed by atoms with van der Waals surface area (Å²) in [5.74, 6) is 0. The van der Waals surface area contributed by atoms with Gasteiger partial charge in [0.25, 0.3) is 0 Å². The summed E-state index contributed by atoms with van der Waals surface area (Å²) in [6.45, 7) is 4.96. The van der Waals surface area contributed by atoms with E-state index in [1.807, 2.05) is 13.1 Å². The molecular formula is C14H21NO. The van der Waals surface area contributed by atoms with Crippen molar-refractivity contribution in [3.05, 3.63) is 41.0 Å². The Balaban J connectivity index is 2.95. The number of likely N-dealkylation sites (N-methyl/N-ethyl adjacent to an activating group) is 1. The molecular weight excluding hydrogens is 198 g/mol. The number of nitrogens with one attached hydrogen (secondary N) is 1. The van der Waals surface area contributed by atoms with Crippen LogP contribution < -0.4 is 5.32 Å². The van der Waals surface area contributed by atoms with Gasteiger partial charge in [-0.3, -0.25) is 0 Å². The van der Waals surface area contributed by atoms with Gasteiger partial charge in [-0.25, -0.2) is 0 Å². The van der Waals surface area contributed by atoms with Gasteiger partial charge in [-0.1, -0.05) is 35.9 Å². The lowest BCUT2D eigenvalue weighted by Crippen LogP contribution is -2.22. The zero-order valence-electron chi connectivity index (χ0n) is 10.6. The highest BCUT2D eigenvalue weighted by atomic mass is 16.5. The van der Waals surface area contributed by atoms with Crippen molar-refractivity contribution in [1.29, 1.82) is 0 Å². The first kappa shape index (κ1) is 12.9. The fraction of sp³-hybridized carbons (Fsp3) is 0.429. The fourth-order valence-electron chi connectivity index (χ4n) is 1.56. The molecule has 2 nitrogen and oxygen atoms in total. The number of methoxy groups -OCH3 is 1. The first-order valence-corrected chi connectivity index (χ1v) is 5.61. The molecule has 1 atom stereocenters. The predicted molar refractivity (Wildman–Crippen MR) is 69.3 cm³/mol. The molecule has 0 aromatic heterocycles. The van der Waals surface area contributed by atoms with Crippen molar-refractivity contribution < 1.29 is 4.74 Å². The minimum absolute atomic E-state index is 0.399. The molecule has 0 bridgehead atoms. The van der Waals surface area contributed by atoms with Crippen LogP contribution >= 0.6 is 0 Å². The Morgan fingerprint density at radius 3 is 2.75 bits per heavy atom. The van der Waals surface area contributed by atoms with Crippen molar-refractivity contribution >= 4 is 6.08 Å². The van der Waals surface area contributed by atoms with Crippen molar-refractivity contribution in [2.45, 2.75) is 26.5 Å². The first-order chi connectivity index (χ1) is 7.69. The topological polar surface area (TPSA) is 21.3 Å². The summed E-state index contributed by atoms with van der Waals surface area (Å²) < 4.78 is 5.19. The standard InChI is InChI=1S/C14H21NO/c1-11(12(2)15-3)9-13-7-5-6-8-14(13)10-16-4/h5-9,12,15H,10H2,1-4H3/b11-9+. The third-order valence-corrected chi connectivity index (χ3v) is 2.85. The summed E-state index contributed by atoms with van der Waals surface area (Å²) in [6, 6.07) is 8.73. The molecule has 16 heavy (non-hydrogen) atoms. The largest absolute Gasteiger partial charge is 0.380 e. The molecule has 0 aliphatic rings. The molecule has 1 N–H and O–H groups in total. The zero-order valence-corrected chi connectivity index (χ0v) is 10.6. The normalized spacial score (nSPS) is 13.9. The molecule has 0 spiro atoms. The van der Waals surface area contributed by atoms with Gasteiger partial charge in [-0.2, -0.15) is 0 Å². The number of ether oxygens (including phenoxy) is 1. The van der Waals surface area contributed by atoms with Crippen molar-refractivity contribution in [2.75, 3.05) is 14.2 Å². The zero-order chi connectivity index (χ0) is 12.0. The first-order valence-electron chi connectivity index (χ1n) is 5.61. The second kappa shape index (κ2) is 6.46. The van der Waals surface area contributed by atoms with E-state index in [9.17, 15) is 0 Å². The molecule has 88 valence electrons. The third kappa shape index (κ3) is 3.47. The minimum Gasteiger partial charge on any atom is -0.380 e. The maximum Gasteiger partial charge on any atom is 0.0718 e. The molecule has 0 fully saturated rings. The van der Waals surface area contributed by atoms with E-state index >= 15 is 0 Å². The van der Waals surface area contributed by atoms with E-state index in [0.29, 0.717) is 12.6 Å². The third-order valence-electron chi connectivity index (χ3n) is 2.85. The SMILES string of the molecule is CNC(C)/C(C)=C/c1ccccc1COC. The number of benzene rings is 1. The Kier molecular flexibility index (Phi) is 5.23. The van der Waals surface area contributed by atoms with Crippen LogP contribution in [0.15, 0.2) is 29.8 Å². The average Bonchev–Trinajstić information content (AvgIpc) is 2.31. The van der Waals surface area contributed by atoms with Crippen LogP contribution in [0.25, 0.3) is 6.08 Å². The van der Waals surface area contributed by atoms with Crippen molar-refractivity contribution in [1.82, 2.24) is 5.32 Å². The maximum absolute atomic E-state index is 5.19. The molecule has 0 aliphatic carbocycles. The molecule has 0 radical (unpaired) electrons. The molecule has 2 heteroatoms. The summed E-state index contributed by atoms with van der Waals surface area (Å²) in [4.78, 5) is 0. The van der Waals surface area contributed by atoms with Gasteiger partial charge in [0.05, 0.1) is 6.61 Å². The highest BCUT2D eigenvalue weighted by Crippen LogP contribution is 2.15. The van der Waals surface area contributed by atoms with Gasteiger partial charge < -0.3 is 10.1 Å². The predicted octanol–water partition coefficient (Wildman–Crippen LogP) is 2.84. The van der Waals surface area contributed by atoms with Gasteiger partial charge in [0.1, 0.15) is 0 Å². The average molecular weight is 219 g/mol. The molecule has 0 amide bonds. The van der Waals surface area contributed by atoms with Gasteiger partial charge in [-0.05, 0) is 32.0 Å². The molecule has 0 aliphatic heterocycles. The van der Waals surface area contributed by atoms with E-state index < -0.39 is 0 Å². The summed E-state index contributed by atoms with van der Waals surface area (Å²) in [6.07, 6.45) is 2.22. The minimum atomic E-state index is 0.399. The smallest absolute Gasteiger partial charge is 0.0718 e. The van der Waals surface area contributed by atoms with Crippen molar-refractivity contribution in [3.8, 4) is 0 Å². The van der Waals surface area contributed by atoms with Gasteiger partial charge >= 0.3 is 0 Å². The Morgan fingerprint density at radius 1 is 1.44 bits per heavy atom. The lowest BCUT2D eigenvalue weighted by atomic mass is 10.0. The highest BCUT2D eigenvalue weighted by molar-refractivity contribution is 5.57. The number of rotatable bonds is 5. The lowest BCUT2D eigenvalue weighted by Gasteiger charge is -2.12. The Hall–Kier alpha value is -1.12. The van der Waals surface area contributed by atoms with E-state index in [4.69, 9.17) is 4.74 Å². The summed E-state index contributed by atoms with van der Waals surface area (Å²) >= 11 is 0. The van der Waals surface area contributed by atoms with E-state index in [0.717, 1.165) is 0 Å². The molecule has 1 rings (SSSR count). The van der Waals surface area contributed by atoms with Crippen molar-refractivity contribution in [2.24, 2.45) is 0 Å². The van der Waals surface area contributed by atoms with Crippen LogP contribution in [-0.2, 0) is 11.3 Å². The van der Waals surface area contributed by atoms with Crippen LogP contribution in [0.3, 0.4) is 0 Å². The number of hydrogen-bond donors (Lipinski definition) is 1. The van der Waals surface area contributed by atoms with Gasteiger partial charge in [-0.15, -0.1) is 0 Å². The summed E-state index contributed by atoms with van der Waals surface area (Å²) in [7, 11) is 3.70. The van der Waals surface area contributed by atoms with Gasteiger partial charge in [0.15, 0.2) is 0 Å². The molecule has 0 saturated heterocycles. The molecule has 0 saturated carbocycles. The van der Waals surface area contributed by atoms with Crippen LogP contribution in [0, 0.1) is 0 Å². The van der Waals surface area contributed by atoms with Crippen LogP contribution in [0.5, 0.6) is 0 Å². The summed E-state index contributed by atoms with van der Waals surface area (Å²) in [5.41, 5.74) is 3.79. The van der Waals surface area contributed by atoms with Crippen LogP contribution in [0.4, 0.5) is 0 Å². The number of hydrogen-bond acceptors (Lipinski definition) is 2. The molecule has 1 aromatic rings. The quantitative estimate of drug-likeness (QED) is 0.822. The monoisotopic (exact) mass is 219 g/mol. The van der Waals surface area contributed by atoms with E-state index in [2.05, 4.69) is 43.4 Å². The molecule has 0 heterocycles. The second-order valence-electron chi connectivity index (χ2n) is 4.03. The Bertz CT molecular complexity index is 358. The van der Waals surface area contributed by atoms with E-state index in [1.54, 1.807) is 7.11 Å². The van der Waals surface area contributed by atoms with E-state index in [1.165, 1.54) is 16.7 Å². The van der Waals surface area contributed by atoms with Crippen LogP contribution in [-0.4, -0.2) is 20.2 Å². The molecule has 1 aromatic carbocycles. The van der Waals surface area contributed by atoms with E-state index in [-0.39, 0.29) is 0 Å². The highest BCUT2D eigenvalue weighted by Gasteiger charge is 2.03. The van der Waals surface area contributed by atoms with Crippen LogP contribution in [0.1, 0.15) is 25.0 Å². The second-order valence-corrected chi connectivity index (χ2v) is 4.03. The van der Waals surface area contributed by atoms with Gasteiger partial charge in [0.2, 0.25) is 0 Å². The van der Waals surface area contributed by atoms with Gasteiger partial charge in [0, 0.05) is 13.2 Å². The molecule has 1 unspecified atom stereocenters. The summed E-state index contributed by atoms with van der Waals surface area (Å²) in [5, 5.41) is 3.24. The van der Waals surface area contributed by atoms with Crippen LogP contribution in [0.2, 0.25) is 0 Å².